The molecule has 2 rings (SSSR count). The maximum atomic E-state index is 5.87. The second-order valence-corrected chi connectivity index (χ2v) is 4.89. The lowest BCUT2D eigenvalue weighted by molar-refractivity contribution is 0.478. The van der Waals surface area contributed by atoms with Crippen molar-refractivity contribution in [2.24, 2.45) is 0 Å². The molecule has 18 heavy (non-hydrogen) atoms. The van der Waals surface area contributed by atoms with Gasteiger partial charge in [0.25, 0.3) is 0 Å². The van der Waals surface area contributed by atoms with Gasteiger partial charge in [0.15, 0.2) is 16.1 Å². The summed E-state index contributed by atoms with van der Waals surface area (Å²) in [6.45, 7) is 4.28. The largest absolute Gasteiger partial charge is 0.454 e. The second kappa shape index (κ2) is 5.55. The van der Waals surface area contributed by atoms with Crippen LogP contribution < -0.4 is 4.74 Å². The van der Waals surface area contributed by atoms with Gasteiger partial charge < -0.3 is 4.74 Å². The molecule has 0 amide bonds. The van der Waals surface area contributed by atoms with Crippen LogP contribution in [0.2, 0.25) is 10.3 Å². The van der Waals surface area contributed by atoms with Gasteiger partial charge in [-0.25, -0.2) is 0 Å². The fourth-order valence-electron chi connectivity index (χ4n) is 1.46. The highest BCUT2D eigenvalue weighted by atomic mass is 35.5. The molecule has 0 fully saturated rings. The second-order valence-electron chi connectivity index (χ2n) is 4.15. The summed E-state index contributed by atoms with van der Waals surface area (Å²) in [5.74, 6) is 1.57. The predicted octanol–water partition coefficient (Wildman–Crippen LogP) is 4.70. The van der Waals surface area contributed by atoms with Gasteiger partial charge in [0.1, 0.15) is 5.75 Å². The third kappa shape index (κ3) is 3.12. The average Bonchev–Trinajstić information content (AvgIpc) is 2.34. The number of benzene rings is 1. The van der Waals surface area contributed by atoms with Crippen molar-refractivity contribution in [2.45, 2.75) is 19.8 Å². The summed E-state index contributed by atoms with van der Waals surface area (Å²) in [6.07, 6.45) is 0. The van der Waals surface area contributed by atoms with Crippen LogP contribution in [0.15, 0.2) is 30.3 Å². The Morgan fingerprint density at radius 2 is 1.72 bits per heavy atom. The Morgan fingerprint density at radius 3 is 2.33 bits per heavy atom. The summed E-state index contributed by atoms with van der Waals surface area (Å²) < 4.78 is 5.61. The van der Waals surface area contributed by atoms with Crippen molar-refractivity contribution in [2.75, 3.05) is 0 Å². The van der Waals surface area contributed by atoms with E-state index in [1.54, 1.807) is 0 Å². The van der Waals surface area contributed by atoms with Crippen LogP contribution in [-0.4, -0.2) is 10.2 Å². The molecule has 0 bridgehead atoms. The molecule has 3 nitrogen and oxygen atoms in total. The minimum atomic E-state index is 0.187. The predicted molar refractivity (Wildman–Crippen MR) is 72.7 cm³/mol. The zero-order valence-electron chi connectivity index (χ0n) is 10.0. The van der Waals surface area contributed by atoms with Crippen molar-refractivity contribution in [1.29, 1.82) is 0 Å². The van der Waals surface area contributed by atoms with Gasteiger partial charge in [0.05, 0.1) is 0 Å². The number of ether oxygens (including phenoxy) is 1. The molecule has 1 heterocycles. The standard InChI is InChI=1S/C13H12Cl2N2O/c1-8(2)9-3-5-10(6-4-9)18-11-7-12(14)16-17-13(11)15/h3-8H,1-2H3. The molecular formula is C13H12Cl2N2O. The highest BCUT2D eigenvalue weighted by Gasteiger charge is 2.07. The first kappa shape index (κ1) is 13.1. The Kier molecular flexibility index (Phi) is 4.04. The molecule has 5 heteroatoms. The molecular weight excluding hydrogens is 271 g/mol. The van der Waals surface area contributed by atoms with E-state index in [-0.39, 0.29) is 10.3 Å². The molecule has 94 valence electrons. The summed E-state index contributed by atoms with van der Waals surface area (Å²) in [5, 5.41) is 7.73. The fraction of sp³-hybridized carbons (Fsp3) is 0.231. The molecule has 0 aliphatic carbocycles. The molecule has 0 N–H and O–H groups in total. The lowest BCUT2D eigenvalue weighted by Crippen LogP contribution is -1.91. The van der Waals surface area contributed by atoms with Gasteiger partial charge in [-0.15, -0.1) is 10.2 Å². The molecule has 1 aromatic heterocycles. The quantitative estimate of drug-likeness (QED) is 0.819. The Morgan fingerprint density at radius 1 is 1.06 bits per heavy atom. The maximum Gasteiger partial charge on any atom is 0.194 e. The van der Waals surface area contributed by atoms with Crippen molar-refractivity contribution < 1.29 is 4.74 Å². The zero-order valence-corrected chi connectivity index (χ0v) is 11.5. The van der Waals surface area contributed by atoms with E-state index in [0.717, 1.165) is 0 Å². The lowest BCUT2D eigenvalue weighted by atomic mass is 10.0. The van der Waals surface area contributed by atoms with E-state index >= 15 is 0 Å². The Labute approximate surface area is 116 Å². The minimum absolute atomic E-state index is 0.187. The summed E-state index contributed by atoms with van der Waals surface area (Å²) in [7, 11) is 0. The van der Waals surface area contributed by atoms with Crippen LogP contribution in [0.1, 0.15) is 25.3 Å². The molecule has 2 aromatic rings. The van der Waals surface area contributed by atoms with Crippen LogP contribution >= 0.6 is 23.2 Å². The summed E-state index contributed by atoms with van der Waals surface area (Å²) in [5.41, 5.74) is 1.25. The molecule has 1 aromatic carbocycles. The van der Waals surface area contributed by atoms with Crippen molar-refractivity contribution in [3.63, 3.8) is 0 Å². The van der Waals surface area contributed by atoms with Gasteiger partial charge in [0, 0.05) is 6.07 Å². The van der Waals surface area contributed by atoms with E-state index in [1.165, 1.54) is 11.6 Å². The van der Waals surface area contributed by atoms with E-state index in [1.807, 2.05) is 24.3 Å². The van der Waals surface area contributed by atoms with E-state index in [2.05, 4.69) is 24.0 Å². The van der Waals surface area contributed by atoms with Crippen LogP contribution in [0.25, 0.3) is 0 Å². The third-order valence-corrected chi connectivity index (χ3v) is 2.91. The Balaban J connectivity index is 2.21. The van der Waals surface area contributed by atoms with Crippen molar-refractivity contribution in [3.05, 3.63) is 46.2 Å². The lowest BCUT2D eigenvalue weighted by Gasteiger charge is -2.09. The highest BCUT2D eigenvalue weighted by Crippen LogP contribution is 2.29. The van der Waals surface area contributed by atoms with Gasteiger partial charge in [-0.3, -0.25) is 0 Å². The van der Waals surface area contributed by atoms with Crippen LogP contribution in [-0.2, 0) is 0 Å². The average molecular weight is 283 g/mol. The zero-order chi connectivity index (χ0) is 13.1. The smallest absolute Gasteiger partial charge is 0.194 e. The first-order chi connectivity index (χ1) is 8.56. The van der Waals surface area contributed by atoms with Crippen molar-refractivity contribution in [3.8, 4) is 11.5 Å². The van der Waals surface area contributed by atoms with E-state index < -0.39 is 0 Å². The fourth-order valence-corrected chi connectivity index (χ4v) is 1.72. The van der Waals surface area contributed by atoms with Crippen molar-refractivity contribution in [1.82, 2.24) is 10.2 Å². The number of hydrogen-bond donors (Lipinski definition) is 0. The normalized spacial score (nSPS) is 10.7. The summed E-state index contributed by atoms with van der Waals surface area (Å²) in [4.78, 5) is 0. The molecule has 0 saturated carbocycles. The minimum Gasteiger partial charge on any atom is -0.454 e. The number of aromatic nitrogens is 2. The summed E-state index contributed by atoms with van der Waals surface area (Å²) >= 11 is 11.6. The van der Waals surface area contributed by atoms with Gasteiger partial charge in [0.2, 0.25) is 0 Å². The van der Waals surface area contributed by atoms with E-state index in [0.29, 0.717) is 17.4 Å². The van der Waals surface area contributed by atoms with Gasteiger partial charge in [-0.05, 0) is 23.6 Å². The number of rotatable bonds is 3. The summed E-state index contributed by atoms with van der Waals surface area (Å²) in [6, 6.07) is 9.35. The van der Waals surface area contributed by atoms with Crippen LogP contribution in [0, 0.1) is 0 Å². The number of hydrogen-bond acceptors (Lipinski definition) is 3. The van der Waals surface area contributed by atoms with Gasteiger partial charge in [-0.1, -0.05) is 49.2 Å². The van der Waals surface area contributed by atoms with Crippen LogP contribution in [0.4, 0.5) is 0 Å². The SMILES string of the molecule is CC(C)c1ccc(Oc2cc(Cl)nnc2Cl)cc1. The monoisotopic (exact) mass is 282 g/mol. The number of nitrogens with zero attached hydrogens (tertiary/aromatic N) is 2. The molecule has 0 radical (unpaired) electrons. The molecule has 0 saturated heterocycles. The Hall–Kier alpha value is -1.32. The van der Waals surface area contributed by atoms with Crippen LogP contribution in [0.3, 0.4) is 0 Å². The van der Waals surface area contributed by atoms with Crippen LogP contribution in [0.5, 0.6) is 11.5 Å². The van der Waals surface area contributed by atoms with E-state index in [4.69, 9.17) is 27.9 Å². The molecule has 0 aliphatic rings. The maximum absolute atomic E-state index is 5.87. The van der Waals surface area contributed by atoms with Crippen molar-refractivity contribution >= 4 is 23.2 Å². The molecule has 0 unspecified atom stereocenters. The molecule has 0 atom stereocenters. The third-order valence-electron chi connectivity index (χ3n) is 2.46. The number of halogens is 2. The van der Waals surface area contributed by atoms with E-state index in [9.17, 15) is 0 Å². The topological polar surface area (TPSA) is 35.0 Å². The van der Waals surface area contributed by atoms with Gasteiger partial charge in [-0.2, -0.15) is 0 Å². The van der Waals surface area contributed by atoms with Gasteiger partial charge >= 0.3 is 0 Å². The highest BCUT2D eigenvalue weighted by molar-refractivity contribution is 6.32. The molecule has 0 aliphatic heterocycles. The first-order valence-electron chi connectivity index (χ1n) is 5.53. The Bertz CT molecular complexity index is 541. The molecule has 0 spiro atoms. The first-order valence-corrected chi connectivity index (χ1v) is 6.28.